The molecule has 4 nitrogen and oxygen atoms in total. The zero-order valence-electron chi connectivity index (χ0n) is 10.8. The van der Waals surface area contributed by atoms with E-state index in [0.29, 0.717) is 6.04 Å². The molecule has 0 radical (unpaired) electrons. The van der Waals surface area contributed by atoms with Crippen molar-refractivity contribution in [3.63, 3.8) is 0 Å². The van der Waals surface area contributed by atoms with E-state index in [1.807, 2.05) is 29.2 Å². The predicted molar refractivity (Wildman–Crippen MR) is 79.3 cm³/mol. The number of piperazine rings is 1. The standard InChI is InChI=1S/C14H18BrN3O/c15-11-3-5-12(6-4-11)16-14(19)18-9-8-17-7-1-2-13(17)10-18/h3-6,13H,1-2,7-10H2,(H,16,19). The Morgan fingerprint density at radius 1 is 1.21 bits per heavy atom. The maximum absolute atomic E-state index is 12.2. The van der Waals surface area contributed by atoms with Gasteiger partial charge in [-0.15, -0.1) is 0 Å². The van der Waals surface area contributed by atoms with Gasteiger partial charge in [0.1, 0.15) is 0 Å². The number of anilines is 1. The number of nitrogens with zero attached hydrogens (tertiary/aromatic N) is 2. The highest BCUT2D eigenvalue weighted by Crippen LogP contribution is 2.22. The third kappa shape index (κ3) is 2.92. The van der Waals surface area contributed by atoms with Crippen LogP contribution in [0.5, 0.6) is 0 Å². The first kappa shape index (κ1) is 12.9. The van der Waals surface area contributed by atoms with Crippen molar-refractivity contribution in [1.82, 2.24) is 9.80 Å². The molecule has 1 aromatic carbocycles. The summed E-state index contributed by atoms with van der Waals surface area (Å²) in [6.45, 7) is 3.91. The van der Waals surface area contributed by atoms with Gasteiger partial charge >= 0.3 is 6.03 Å². The van der Waals surface area contributed by atoms with Crippen LogP contribution in [-0.2, 0) is 0 Å². The molecule has 0 aliphatic carbocycles. The fourth-order valence-electron chi connectivity index (χ4n) is 2.91. The lowest BCUT2D eigenvalue weighted by atomic mass is 10.1. The molecule has 2 saturated heterocycles. The Balaban J connectivity index is 1.59. The minimum absolute atomic E-state index is 0.0221. The summed E-state index contributed by atoms with van der Waals surface area (Å²) in [5, 5.41) is 2.97. The molecule has 2 aliphatic heterocycles. The maximum Gasteiger partial charge on any atom is 0.321 e. The van der Waals surface area contributed by atoms with E-state index in [2.05, 4.69) is 26.1 Å². The molecule has 2 heterocycles. The van der Waals surface area contributed by atoms with Gasteiger partial charge in [-0.1, -0.05) is 15.9 Å². The summed E-state index contributed by atoms with van der Waals surface area (Å²) in [6.07, 6.45) is 2.49. The minimum atomic E-state index is 0.0221. The van der Waals surface area contributed by atoms with Crippen molar-refractivity contribution >= 4 is 27.6 Å². The number of carbonyl (C=O) groups is 1. The van der Waals surface area contributed by atoms with Crippen molar-refractivity contribution in [3.8, 4) is 0 Å². The summed E-state index contributed by atoms with van der Waals surface area (Å²) in [4.78, 5) is 16.7. The molecule has 1 unspecified atom stereocenters. The number of nitrogens with one attached hydrogen (secondary N) is 1. The molecule has 2 fully saturated rings. The van der Waals surface area contributed by atoms with Crippen molar-refractivity contribution in [2.24, 2.45) is 0 Å². The van der Waals surface area contributed by atoms with Crippen LogP contribution in [0.1, 0.15) is 12.8 Å². The van der Waals surface area contributed by atoms with Crippen LogP contribution in [-0.4, -0.2) is 48.1 Å². The van der Waals surface area contributed by atoms with Crippen LogP contribution in [0.4, 0.5) is 10.5 Å². The molecule has 5 heteroatoms. The van der Waals surface area contributed by atoms with Gasteiger partial charge in [-0.25, -0.2) is 4.79 Å². The van der Waals surface area contributed by atoms with Crippen molar-refractivity contribution in [3.05, 3.63) is 28.7 Å². The predicted octanol–water partition coefficient (Wildman–Crippen LogP) is 2.76. The fourth-order valence-corrected chi connectivity index (χ4v) is 3.18. The second-order valence-electron chi connectivity index (χ2n) is 5.22. The number of carbonyl (C=O) groups excluding carboxylic acids is 1. The van der Waals surface area contributed by atoms with Crippen molar-refractivity contribution in [2.45, 2.75) is 18.9 Å². The van der Waals surface area contributed by atoms with Gasteiger partial charge in [0, 0.05) is 35.8 Å². The largest absolute Gasteiger partial charge is 0.322 e. The SMILES string of the molecule is O=C(Nc1ccc(Br)cc1)N1CCN2CCCC2C1. The number of fused-ring (bicyclic) bond motifs is 1. The first-order valence-electron chi connectivity index (χ1n) is 6.78. The Hall–Kier alpha value is -1.07. The van der Waals surface area contributed by atoms with Gasteiger partial charge < -0.3 is 10.2 Å². The molecule has 1 N–H and O–H groups in total. The average molecular weight is 324 g/mol. The highest BCUT2D eigenvalue weighted by atomic mass is 79.9. The lowest BCUT2D eigenvalue weighted by Crippen LogP contribution is -2.53. The number of rotatable bonds is 1. The average Bonchev–Trinajstić information content (AvgIpc) is 2.88. The first-order valence-corrected chi connectivity index (χ1v) is 7.57. The Morgan fingerprint density at radius 2 is 2.00 bits per heavy atom. The van der Waals surface area contributed by atoms with Crippen LogP contribution in [0.2, 0.25) is 0 Å². The van der Waals surface area contributed by atoms with Crippen LogP contribution in [0.15, 0.2) is 28.7 Å². The quantitative estimate of drug-likeness (QED) is 0.862. The molecule has 0 saturated carbocycles. The van der Waals surface area contributed by atoms with E-state index in [9.17, 15) is 4.79 Å². The normalized spacial score (nSPS) is 23.2. The number of benzene rings is 1. The molecule has 2 amide bonds. The molecule has 1 atom stereocenters. The highest BCUT2D eigenvalue weighted by Gasteiger charge is 2.32. The molecule has 1 aromatic rings. The zero-order chi connectivity index (χ0) is 13.2. The Morgan fingerprint density at radius 3 is 2.79 bits per heavy atom. The van der Waals surface area contributed by atoms with Gasteiger partial charge in [0.25, 0.3) is 0 Å². The molecule has 102 valence electrons. The third-order valence-corrected chi connectivity index (χ3v) is 4.50. The fraction of sp³-hybridized carbons (Fsp3) is 0.500. The third-order valence-electron chi connectivity index (χ3n) is 3.97. The second kappa shape index (κ2) is 5.51. The van der Waals surface area contributed by atoms with Crippen LogP contribution >= 0.6 is 15.9 Å². The molecule has 19 heavy (non-hydrogen) atoms. The summed E-state index contributed by atoms with van der Waals surface area (Å²) >= 11 is 3.39. The van der Waals surface area contributed by atoms with E-state index >= 15 is 0 Å². The number of hydrogen-bond donors (Lipinski definition) is 1. The van der Waals surface area contributed by atoms with E-state index in [-0.39, 0.29) is 6.03 Å². The zero-order valence-corrected chi connectivity index (χ0v) is 12.4. The first-order chi connectivity index (χ1) is 9.22. The molecular weight excluding hydrogens is 306 g/mol. The van der Waals surface area contributed by atoms with Crippen molar-refractivity contribution < 1.29 is 4.79 Å². The Kier molecular flexibility index (Phi) is 3.75. The Bertz CT molecular complexity index is 462. The maximum atomic E-state index is 12.2. The topological polar surface area (TPSA) is 35.6 Å². The van der Waals surface area contributed by atoms with E-state index in [4.69, 9.17) is 0 Å². The molecule has 0 aromatic heterocycles. The van der Waals surface area contributed by atoms with Gasteiger partial charge in [0.05, 0.1) is 0 Å². The van der Waals surface area contributed by atoms with Gasteiger partial charge in [-0.3, -0.25) is 4.90 Å². The molecule has 0 spiro atoms. The van der Waals surface area contributed by atoms with Gasteiger partial charge in [-0.05, 0) is 43.7 Å². The molecule has 2 aliphatic rings. The van der Waals surface area contributed by atoms with E-state index in [1.54, 1.807) is 0 Å². The lowest BCUT2D eigenvalue weighted by molar-refractivity contribution is 0.124. The summed E-state index contributed by atoms with van der Waals surface area (Å²) < 4.78 is 1.02. The van der Waals surface area contributed by atoms with E-state index in [1.165, 1.54) is 19.4 Å². The van der Waals surface area contributed by atoms with Gasteiger partial charge in [0.15, 0.2) is 0 Å². The van der Waals surface area contributed by atoms with Crippen LogP contribution in [0.3, 0.4) is 0 Å². The van der Waals surface area contributed by atoms with Crippen molar-refractivity contribution in [2.75, 3.05) is 31.5 Å². The minimum Gasteiger partial charge on any atom is -0.322 e. The molecule has 0 bridgehead atoms. The lowest BCUT2D eigenvalue weighted by Gasteiger charge is -2.37. The molecular formula is C14H18BrN3O. The summed E-state index contributed by atoms with van der Waals surface area (Å²) in [6, 6.07) is 8.29. The summed E-state index contributed by atoms with van der Waals surface area (Å²) in [5.74, 6) is 0. The molecule has 3 rings (SSSR count). The smallest absolute Gasteiger partial charge is 0.321 e. The van der Waals surface area contributed by atoms with Crippen molar-refractivity contribution in [1.29, 1.82) is 0 Å². The van der Waals surface area contributed by atoms with Gasteiger partial charge in [-0.2, -0.15) is 0 Å². The van der Waals surface area contributed by atoms with Crippen LogP contribution in [0.25, 0.3) is 0 Å². The highest BCUT2D eigenvalue weighted by molar-refractivity contribution is 9.10. The number of halogens is 1. The summed E-state index contributed by atoms with van der Waals surface area (Å²) in [7, 11) is 0. The van der Waals surface area contributed by atoms with Crippen LogP contribution < -0.4 is 5.32 Å². The van der Waals surface area contributed by atoms with Crippen LogP contribution in [0, 0.1) is 0 Å². The Labute approximate surface area is 121 Å². The monoisotopic (exact) mass is 323 g/mol. The van der Waals surface area contributed by atoms with Gasteiger partial charge in [0.2, 0.25) is 0 Å². The number of amides is 2. The van der Waals surface area contributed by atoms with E-state index < -0.39 is 0 Å². The number of urea groups is 1. The second-order valence-corrected chi connectivity index (χ2v) is 6.13. The number of hydrogen-bond acceptors (Lipinski definition) is 2. The summed E-state index contributed by atoms with van der Waals surface area (Å²) in [5.41, 5.74) is 0.849. The van der Waals surface area contributed by atoms with E-state index in [0.717, 1.165) is 29.8 Å².